The van der Waals surface area contributed by atoms with Crippen LogP contribution in [0, 0.1) is 0 Å². The van der Waals surface area contributed by atoms with Gasteiger partial charge in [0.25, 0.3) is 0 Å². The Hall–Kier alpha value is -1.34. The SMILES string of the molecule is CCNC(=NCCCN1CCCC1=O)NCCCN1CC(C)OC(C)C1. The van der Waals surface area contributed by atoms with Crippen LogP contribution < -0.4 is 10.6 Å². The summed E-state index contributed by atoms with van der Waals surface area (Å²) < 4.78 is 5.78. The zero-order valence-corrected chi connectivity index (χ0v) is 16.8. The van der Waals surface area contributed by atoms with E-state index in [-0.39, 0.29) is 0 Å². The van der Waals surface area contributed by atoms with Crippen molar-refractivity contribution in [1.82, 2.24) is 20.4 Å². The Bertz CT molecular complexity index is 447. The second-order valence-corrected chi connectivity index (χ2v) is 7.40. The molecule has 2 N–H and O–H groups in total. The van der Waals surface area contributed by atoms with Gasteiger partial charge in [-0.05, 0) is 40.0 Å². The molecule has 2 unspecified atom stereocenters. The molecule has 0 aliphatic carbocycles. The summed E-state index contributed by atoms with van der Waals surface area (Å²) in [5.74, 6) is 1.18. The normalized spacial score (nSPS) is 25.0. The van der Waals surface area contributed by atoms with Gasteiger partial charge in [-0.15, -0.1) is 0 Å². The minimum atomic E-state index is 0.297. The fraction of sp³-hybridized carbons (Fsp3) is 0.895. The van der Waals surface area contributed by atoms with Crippen molar-refractivity contribution in [2.45, 2.75) is 58.7 Å². The molecule has 0 aromatic heterocycles. The monoisotopic (exact) mass is 367 g/mol. The largest absolute Gasteiger partial charge is 0.373 e. The summed E-state index contributed by atoms with van der Waals surface area (Å²) in [7, 11) is 0. The van der Waals surface area contributed by atoms with Crippen LogP contribution in [-0.4, -0.2) is 86.2 Å². The molecule has 0 saturated carbocycles. The zero-order valence-electron chi connectivity index (χ0n) is 16.8. The van der Waals surface area contributed by atoms with Crippen LogP contribution in [0.5, 0.6) is 0 Å². The lowest BCUT2D eigenvalue weighted by Crippen LogP contribution is -2.46. The van der Waals surface area contributed by atoms with Gasteiger partial charge in [0.2, 0.25) is 5.91 Å². The van der Waals surface area contributed by atoms with Gasteiger partial charge in [0.15, 0.2) is 5.96 Å². The summed E-state index contributed by atoms with van der Waals surface area (Å²) in [5.41, 5.74) is 0. The van der Waals surface area contributed by atoms with E-state index in [0.29, 0.717) is 24.5 Å². The zero-order chi connectivity index (χ0) is 18.8. The molecule has 1 amide bonds. The summed E-state index contributed by atoms with van der Waals surface area (Å²) in [4.78, 5) is 20.7. The molecule has 7 nitrogen and oxygen atoms in total. The molecule has 150 valence electrons. The first-order valence-electron chi connectivity index (χ1n) is 10.3. The van der Waals surface area contributed by atoms with Crippen molar-refractivity contribution in [3.8, 4) is 0 Å². The number of morpholine rings is 1. The van der Waals surface area contributed by atoms with Gasteiger partial charge in [-0.2, -0.15) is 0 Å². The van der Waals surface area contributed by atoms with E-state index in [1.807, 2.05) is 4.90 Å². The minimum absolute atomic E-state index is 0.297. The van der Waals surface area contributed by atoms with Gasteiger partial charge in [-0.3, -0.25) is 14.7 Å². The molecule has 2 fully saturated rings. The number of hydrogen-bond acceptors (Lipinski definition) is 4. The summed E-state index contributed by atoms with van der Waals surface area (Å²) in [5, 5.41) is 6.72. The molecule has 0 spiro atoms. The second-order valence-electron chi connectivity index (χ2n) is 7.40. The van der Waals surface area contributed by atoms with Gasteiger partial charge < -0.3 is 20.3 Å². The summed E-state index contributed by atoms with van der Waals surface area (Å²) in [6.45, 7) is 13.8. The molecule has 26 heavy (non-hydrogen) atoms. The molecule has 7 heteroatoms. The predicted octanol–water partition coefficient (Wildman–Crippen LogP) is 1.05. The number of guanidine groups is 1. The number of ether oxygens (including phenoxy) is 1. The third-order valence-corrected chi connectivity index (χ3v) is 4.81. The lowest BCUT2D eigenvalue weighted by molar-refractivity contribution is -0.127. The van der Waals surface area contributed by atoms with E-state index in [1.165, 1.54) is 0 Å². The number of likely N-dealkylation sites (tertiary alicyclic amines) is 1. The predicted molar refractivity (Wildman–Crippen MR) is 105 cm³/mol. The van der Waals surface area contributed by atoms with Crippen molar-refractivity contribution in [3.05, 3.63) is 0 Å². The number of nitrogens with zero attached hydrogens (tertiary/aromatic N) is 3. The fourth-order valence-corrected chi connectivity index (χ4v) is 3.71. The molecular formula is C19H37N5O2. The Morgan fingerprint density at radius 3 is 2.62 bits per heavy atom. The maximum absolute atomic E-state index is 11.6. The number of nitrogens with one attached hydrogen (secondary N) is 2. The Labute approximate surface area is 158 Å². The van der Waals surface area contributed by atoms with Crippen LogP contribution in [0.2, 0.25) is 0 Å². The quantitative estimate of drug-likeness (QED) is 0.362. The molecule has 2 aliphatic rings. The van der Waals surface area contributed by atoms with E-state index in [0.717, 1.165) is 77.6 Å². The maximum atomic E-state index is 11.6. The lowest BCUT2D eigenvalue weighted by atomic mass is 10.2. The highest BCUT2D eigenvalue weighted by Crippen LogP contribution is 2.11. The highest BCUT2D eigenvalue weighted by molar-refractivity contribution is 5.79. The number of amides is 1. The molecule has 2 saturated heterocycles. The average molecular weight is 368 g/mol. The fourth-order valence-electron chi connectivity index (χ4n) is 3.71. The smallest absolute Gasteiger partial charge is 0.222 e. The minimum Gasteiger partial charge on any atom is -0.373 e. The topological polar surface area (TPSA) is 69.2 Å². The number of hydrogen-bond donors (Lipinski definition) is 2. The van der Waals surface area contributed by atoms with Gasteiger partial charge in [0, 0.05) is 58.8 Å². The first kappa shape index (κ1) is 21.0. The summed E-state index contributed by atoms with van der Waals surface area (Å²) in [6.07, 6.45) is 4.39. The third kappa shape index (κ3) is 7.50. The van der Waals surface area contributed by atoms with E-state index in [1.54, 1.807) is 0 Å². The van der Waals surface area contributed by atoms with Gasteiger partial charge in [0.1, 0.15) is 0 Å². The molecule has 2 aliphatic heterocycles. The average Bonchev–Trinajstić information content (AvgIpc) is 2.99. The Kier molecular flexibility index (Phi) is 9.18. The summed E-state index contributed by atoms with van der Waals surface area (Å²) in [6, 6.07) is 0. The van der Waals surface area contributed by atoms with Crippen LogP contribution in [0.1, 0.15) is 46.5 Å². The second kappa shape index (κ2) is 11.4. The van der Waals surface area contributed by atoms with E-state index in [2.05, 4.69) is 41.3 Å². The number of rotatable bonds is 9. The Morgan fingerprint density at radius 1 is 1.19 bits per heavy atom. The standard InChI is InChI=1S/C19H37N5O2/c1-4-20-19(22-10-7-13-24-12-5-8-18(24)25)21-9-6-11-23-14-16(2)26-17(3)15-23/h16-17H,4-15H2,1-3H3,(H2,20,21,22). The van der Waals surface area contributed by atoms with Crippen LogP contribution in [0.3, 0.4) is 0 Å². The molecule has 2 rings (SSSR count). The molecule has 0 aromatic rings. The molecule has 0 aromatic carbocycles. The molecule has 0 radical (unpaired) electrons. The summed E-state index contributed by atoms with van der Waals surface area (Å²) >= 11 is 0. The van der Waals surface area contributed by atoms with Gasteiger partial charge in [-0.1, -0.05) is 0 Å². The van der Waals surface area contributed by atoms with E-state index >= 15 is 0 Å². The van der Waals surface area contributed by atoms with E-state index in [9.17, 15) is 4.79 Å². The molecule has 0 bridgehead atoms. The molecular weight excluding hydrogens is 330 g/mol. The van der Waals surface area contributed by atoms with Crippen molar-refractivity contribution >= 4 is 11.9 Å². The Balaban J connectivity index is 1.61. The highest BCUT2D eigenvalue weighted by atomic mass is 16.5. The first-order valence-corrected chi connectivity index (χ1v) is 10.3. The van der Waals surface area contributed by atoms with Gasteiger partial charge in [-0.25, -0.2) is 0 Å². The van der Waals surface area contributed by atoms with Crippen LogP contribution in [-0.2, 0) is 9.53 Å². The number of carbonyl (C=O) groups is 1. The van der Waals surface area contributed by atoms with Crippen molar-refractivity contribution in [3.63, 3.8) is 0 Å². The van der Waals surface area contributed by atoms with Crippen LogP contribution >= 0.6 is 0 Å². The van der Waals surface area contributed by atoms with Crippen LogP contribution in [0.4, 0.5) is 0 Å². The van der Waals surface area contributed by atoms with E-state index in [4.69, 9.17) is 4.74 Å². The van der Waals surface area contributed by atoms with Gasteiger partial charge >= 0.3 is 0 Å². The van der Waals surface area contributed by atoms with Crippen molar-refractivity contribution in [2.24, 2.45) is 4.99 Å². The third-order valence-electron chi connectivity index (χ3n) is 4.81. The van der Waals surface area contributed by atoms with Crippen molar-refractivity contribution in [1.29, 1.82) is 0 Å². The lowest BCUT2D eigenvalue weighted by Gasteiger charge is -2.35. The van der Waals surface area contributed by atoms with Crippen LogP contribution in [0.25, 0.3) is 0 Å². The maximum Gasteiger partial charge on any atom is 0.222 e. The Morgan fingerprint density at radius 2 is 1.96 bits per heavy atom. The van der Waals surface area contributed by atoms with Crippen molar-refractivity contribution < 1.29 is 9.53 Å². The van der Waals surface area contributed by atoms with Crippen molar-refractivity contribution in [2.75, 3.05) is 52.4 Å². The highest BCUT2D eigenvalue weighted by Gasteiger charge is 2.21. The first-order chi connectivity index (χ1) is 12.6. The molecule has 2 atom stereocenters. The van der Waals surface area contributed by atoms with Gasteiger partial charge in [0.05, 0.1) is 12.2 Å². The van der Waals surface area contributed by atoms with E-state index < -0.39 is 0 Å². The van der Waals surface area contributed by atoms with Crippen LogP contribution in [0.15, 0.2) is 4.99 Å². The number of aliphatic imine (C=N–C) groups is 1. The molecule has 2 heterocycles. The number of carbonyl (C=O) groups excluding carboxylic acids is 1.